The predicted octanol–water partition coefficient (Wildman–Crippen LogP) is -0.316. The van der Waals surface area contributed by atoms with Gasteiger partial charge >= 0.3 is 5.97 Å². The normalized spacial score (nSPS) is 18.5. The highest BCUT2D eigenvalue weighted by molar-refractivity contribution is 7.89. The molecule has 1 aromatic rings. The van der Waals surface area contributed by atoms with Crippen LogP contribution < -0.4 is 0 Å². The summed E-state index contributed by atoms with van der Waals surface area (Å²) in [6.07, 6.45) is 3.39. The Morgan fingerprint density at radius 3 is 2.81 bits per heavy atom. The van der Waals surface area contributed by atoms with Crippen LogP contribution in [0.15, 0.2) is 17.3 Å². The lowest BCUT2D eigenvalue weighted by atomic mass is 10.4. The minimum atomic E-state index is -3.55. The fraction of sp³-hybridized carbons (Fsp3) is 0.667. The number of carbonyl (C=O) groups is 1. The van der Waals surface area contributed by atoms with Gasteiger partial charge in [-0.1, -0.05) is 0 Å². The third-order valence-electron chi connectivity index (χ3n) is 3.48. The first kappa shape index (κ1) is 15.9. The molecule has 0 spiro atoms. The predicted molar refractivity (Wildman–Crippen MR) is 75.4 cm³/mol. The van der Waals surface area contributed by atoms with E-state index >= 15 is 0 Å². The molecule has 0 bridgehead atoms. The summed E-state index contributed by atoms with van der Waals surface area (Å²) in [4.78, 5) is 12.7. The van der Waals surface area contributed by atoms with Crippen molar-refractivity contribution in [2.75, 3.05) is 33.2 Å². The molecule has 0 amide bonds. The lowest BCUT2D eigenvalue weighted by Gasteiger charge is -2.19. The second kappa shape index (κ2) is 6.54. The average molecular weight is 316 g/mol. The van der Waals surface area contributed by atoms with Gasteiger partial charge in [0.2, 0.25) is 10.0 Å². The van der Waals surface area contributed by atoms with Gasteiger partial charge in [-0.05, 0) is 20.0 Å². The highest BCUT2D eigenvalue weighted by Gasteiger charge is 2.27. The van der Waals surface area contributed by atoms with E-state index < -0.39 is 16.0 Å². The van der Waals surface area contributed by atoms with Crippen LogP contribution in [0.1, 0.15) is 12.8 Å². The molecule has 1 saturated heterocycles. The minimum Gasteiger partial charge on any atom is -0.481 e. The fourth-order valence-corrected chi connectivity index (χ4v) is 3.65. The van der Waals surface area contributed by atoms with Gasteiger partial charge in [0.15, 0.2) is 0 Å². The molecule has 1 aromatic heterocycles. The first-order chi connectivity index (χ1) is 9.89. The highest BCUT2D eigenvalue weighted by Crippen LogP contribution is 2.17. The summed E-state index contributed by atoms with van der Waals surface area (Å²) in [7, 11) is -1.58. The number of aliphatic carboxylic acids is 1. The topological polar surface area (TPSA) is 95.7 Å². The molecule has 0 aromatic carbocycles. The summed E-state index contributed by atoms with van der Waals surface area (Å²) in [5.41, 5.74) is 0. The number of hydrogen-bond acceptors (Lipinski definition) is 5. The first-order valence-corrected chi connectivity index (χ1v) is 8.26. The molecule has 0 unspecified atom stereocenters. The molecular formula is C12H20N4O4S. The molecule has 0 atom stereocenters. The third kappa shape index (κ3) is 4.02. The molecule has 0 aliphatic carbocycles. The molecule has 118 valence electrons. The lowest BCUT2D eigenvalue weighted by molar-refractivity contribution is -0.137. The summed E-state index contributed by atoms with van der Waals surface area (Å²) in [5.74, 6) is -0.939. The van der Waals surface area contributed by atoms with E-state index in [1.54, 1.807) is 0 Å². The van der Waals surface area contributed by atoms with E-state index in [9.17, 15) is 13.2 Å². The van der Waals surface area contributed by atoms with E-state index in [1.165, 1.54) is 21.4 Å². The average Bonchev–Trinajstić information content (AvgIpc) is 2.79. The van der Waals surface area contributed by atoms with Crippen molar-refractivity contribution in [2.24, 2.45) is 0 Å². The molecule has 8 nitrogen and oxygen atoms in total. The van der Waals surface area contributed by atoms with E-state index in [4.69, 9.17) is 5.11 Å². The number of rotatable bonds is 5. The Hall–Kier alpha value is -1.45. The van der Waals surface area contributed by atoms with Crippen LogP contribution in [-0.4, -0.2) is 71.7 Å². The second-order valence-corrected chi connectivity index (χ2v) is 7.08. The number of aromatic nitrogens is 2. The number of carboxylic acid groups (broad SMARTS) is 1. The lowest BCUT2D eigenvalue weighted by Crippen LogP contribution is -2.34. The molecule has 1 aliphatic rings. The van der Waals surface area contributed by atoms with Gasteiger partial charge in [0.1, 0.15) is 4.90 Å². The number of carboxylic acids is 1. The maximum atomic E-state index is 12.5. The van der Waals surface area contributed by atoms with Crippen molar-refractivity contribution in [3.05, 3.63) is 12.4 Å². The number of likely N-dealkylation sites (N-methyl/N-ethyl adjacent to an activating group) is 1. The van der Waals surface area contributed by atoms with E-state index in [0.29, 0.717) is 19.6 Å². The van der Waals surface area contributed by atoms with Crippen molar-refractivity contribution < 1.29 is 18.3 Å². The quantitative estimate of drug-likeness (QED) is 0.800. The summed E-state index contributed by atoms with van der Waals surface area (Å²) in [6, 6.07) is 0. The molecule has 0 radical (unpaired) electrons. The van der Waals surface area contributed by atoms with E-state index in [2.05, 4.69) is 10.00 Å². The molecule has 0 saturated carbocycles. The maximum absolute atomic E-state index is 12.5. The Morgan fingerprint density at radius 2 is 2.10 bits per heavy atom. The smallest absolute Gasteiger partial charge is 0.305 e. The molecule has 1 fully saturated rings. The number of nitrogens with zero attached hydrogens (tertiary/aromatic N) is 4. The SMILES string of the molecule is CN1CCCN(S(=O)(=O)c2cnn(CCC(=O)O)c2)CC1. The van der Waals surface area contributed by atoms with E-state index in [0.717, 1.165) is 13.0 Å². The van der Waals surface area contributed by atoms with Crippen molar-refractivity contribution in [3.63, 3.8) is 0 Å². The standard InChI is InChI=1S/C12H20N4O4S/c1-14-4-2-5-16(8-7-14)21(19,20)11-9-13-15(10-11)6-3-12(17)18/h9-10H,2-8H2,1H3,(H,17,18). The van der Waals surface area contributed by atoms with Crippen molar-refractivity contribution in [3.8, 4) is 0 Å². The summed E-state index contributed by atoms with van der Waals surface area (Å²) < 4.78 is 27.9. The van der Waals surface area contributed by atoms with Gasteiger partial charge in [0, 0.05) is 25.8 Å². The summed E-state index contributed by atoms with van der Waals surface area (Å²) in [6.45, 7) is 2.69. The van der Waals surface area contributed by atoms with Gasteiger partial charge in [-0.15, -0.1) is 0 Å². The maximum Gasteiger partial charge on any atom is 0.305 e. The number of sulfonamides is 1. The monoisotopic (exact) mass is 316 g/mol. The van der Waals surface area contributed by atoms with Crippen molar-refractivity contribution in [1.29, 1.82) is 0 Å². The van der Waals surface area contributed by atoms with Crippen molar-refractivity contribution >= 4 is 16.0 Å². The van der Waals surface area contributed by atoms with Gasteiger partial charge in [-0.3, -0.25) is 9.48 Å². The van der Waals surface area contributed by atoms with E-state index in [1.807, 2.05) is 7.05 Å². The Morgan fingerprint density at radius 1 is 1.33 bits per heavy atom. The number of aryl methyl sites for hydroxylation is 1. The van der Waals surface area contributed by atoms with Gasteiger partial charge in [-0.2, -0.15) is 9.40 Å². The molecule has 21 heavy (non-hydrogen) atoms. The zero-order valence-corrected chi connectivity index (χ0v) is 12.8. The first-order valence-electron chi connectivity index (χ1n) is 6.82. The van der Waals surface area contributed by atoms with Crippen LogP contribution in [0.25, 0.3) is 0 Å². The molecule has 1 aliphatic heterocycles. The van der Waals surface area contributed by atoms with Gasteiger partial charge in [0.25, 0.3) is 0 Å². The van der Waals surface area contributed by atoms with Crippen LogP contribution in [0.3, 0.4) is 0 Å². The van der Waals surface area contributed by atoms with Crippen molar-refractivity contribution in [2.45, 2.75) is 24.3 Å². The number of hydrogen-bond donors (Lipinski definition) is 1. The highest BCUT2D eigenvalue weighted by atomic mass is 32.2. The Balaban J connectivity index is 2.10. The second-order valence-electron chi connectivity index (χ2n) is 5.14. The largest absolute Gasteiger partial charge is 0.481 e. The third-order valence-corrected chi connectivity index (χ3v) is 5.33. The van der Waals surface area contributed by atoms with Crippen LogP contribution in [0, 0.1) is 0 Å². The van der Waals surface area contributed by atoms with Gasteiger partial charge in [-0.25, -0.2) is 8.42 Å². The molecule has 2 heterocycles. The van der Waals surface area contributed by atoms with Crippen LogP contribution in [0.5, 0.6) is 0 Å². The van der Waals surface area contributed by atoms with Gasteiger partial charge < -0.3 is 10.0 Å². The van der Waals surface area contributed by atoms with Crippen molar-refractivity contribution in [1.82, 2.24) is 19.0 Å². The van der Waals surface area contributed by atoms with Crippen LogP contribution in [0.2, 0.25) is 0 Å². The molecular weight excluding hydrogens is 296 g/mol. The summed E-state index contributed by atoms with van der Waals surface area (Å²) >= 11 is 0. The van der Waals surface area contributed by atoms with Crippen LogP contribution in [-0.2, 0) is 21.4 Å². The van der Waals surface area contributed by atoms with Crippen LogP contribution in [0.4, 0.5) is 0 Å². The Bertz CT molecular complexity index is 598. The minimum absolute atomic E-state index is 0.0876. The van der Waals surface area contributed by atoms with Crippen LogP contribution >= 0.6 is 0 Å². The zero-order chi connectivity index (χ0) is 15.5. The summed E-state index contributed by atoms with van der Waals surface area (Å²) in [5, 5.41) is 12.6. The Labute approximate surface area is 124 Å². The molecule has 2 rings (SSSR count). The molecule has 1 N–H and O–H groups in total. The zero-order valence-electron chi connectivity index (χ0n) is 12.0. The van der Waals surface area contributed by atoms with E-state index in [-0.39, 0.29) is 17.9 Å². The fourth-order valence-electron chi connectivity index (χ4n) is 2.22. The van der Waals surface area contributed by atoms with Gasteiger partial charge in [0.05, 0.1) is 19.2 Å². The Kier molecular flexibility index (Phi) is 4.96. The molecule has 9 heteroatoms.